The van der Waals surface area contributed by atoms with Crippen molar-refractivity contribution in [3.05, 3.63) is 29.3 Å². The number of ether oxygens (including phenoxy) is 1. The molecule has 1 aliphatic heterocycles. The van der Waals surface area contributed by atoms with Gasteiger partial charge < -0.3 is 9.84 Å². The van der Waals surface area contributed by atoms with E-state index in [-0.39, 0.29) is 0 Å². The van der Waals surface area contributed by atoms with Gasteiger partial charge >= 0.3 is 12.1 Å². The van der Waals surface area contributed by atoms with Gasteiger partial charge in [0.15, 0.2) is 0 Å². The number of nitrogens with one attached hydrogen (secondary N) is 1. The summed E-state index contributed by atoms with van der Waals surface area (Å²) < 4.78 is 71.1. The third kappa shape index (κ3) is 5.60. The quantitative estimate of drug-likeness (QED) is 0.796. The van der Waals surface area contributed by atoms with Gasteiger partial charge in [-0.05, 0) is 51.3 Å². The molecular weight excluding hydrogens is 375 g/mol. The number of sulfonamides is 1. The third-order valence-electron chi connectivity index (χ3n) is 3.98. The summed E-state index contributed by atoms with van der Waals surface area (Å²) in [7, 11) is -4.02. The average Bonchev–Trinajstić information content (AvgIpc) is 2.43. The summed E-state index contributed by atoms with van der Waals surface area (Å²) >= 11 is 0. The van der Waals surface area contributed by atoms with E-state index in [0.29, 0.717) is 18.6 Å². The highest BCUT2D eigenvalue weighted by molar-refractivity contribution is 7.92. The molecule has 146 valence electrons. The molecule has 1 atom stereocenters. The van der Waals surface area contributed by atoms with Crippen LogP contribution in [-0.2, 0) is 20.9 Å². The van der Waals surface area contributed by atoms with Crippen molar-refractivity contribution >= 4 is 21.7 Å². The van der Waals surface area contributed by atoms with Crippen LogP contribution in [0, 0.1) is 0 Å². The number of halogens is 3. The molecule has 1 heterocycles. The minimum Gasteiger partial charge on any atom is -0.478 e. The van der Waals surface area contributed by atoms with E-state index in [1.807, 2.05) is 18.6 Å². The maximum Gasteiger partial charge on any atom is 0.416 e. The lowest BCUT2D eigenvalue weighted by Gasteiger charge is -2.35. The number of hydrogen-bond acceptors (Lipinski definition) is 4. The van der Waals surface area contributed by atoms with Gasteiger partial charge in [-0.15, -0.1) is 0 Å². The lowest BCUT2D eigenvalue weighted by atomic mass is 9.96. The first-order valence-electron chi connectivity index (χ1n) is 7.91. The number of carbonyl (C=O) groups is 1. The van der Waals surface area contributed by atoms with E-state index in [4.69, 9.17) is 9.84 Å². The average molecular weight is 395 g/mol. The number of anilines is 1. The van der Waals surface area contributed by atoms with Gasteiger partial charge in [-0.2, -0.15) is 13.2 Å². The molecule has 1 aromatic rings. The summed E-state index contributed by atoms with van der Waals surface area (Å²) in [5, 5.41) is 8.95. The van der Waals surface area contributed by atoms with Crippen molar-refractivity contribution in [3.8, 4) is 0 Å². The molecule has 0 spiro atoms. The highest BCUT2D eigenvalue weighted by Gasteiger charge is 2.34. The van der Waals surface area contributed by atoms with Crippen LogP contribution in [0.2, 0.25) is 0 Å². The van der Waals surface area contributed by atoms with Crippen LogP contribution in [0.25, 0.3) is 0 Å². The summed E-state index contributed by atoms with van der Waals surface area (Å²) in [6.07, 6.45) is -3.30. The Morgan fingerprint density at radius 3 is 2.54 bits per heavy atom. The Kier molecular flexibility index (Phi) is 5.57. The second-order valence-electron chi connectivity index (χ2n) is 6.88. The Hall–Kier alpha value is -1.81. The van der Waals surface area contributed by atoms with Gasteiger partial charge in [-0.3, -0.25) is 4.72 Å². The van der Waals surface area contributed by atoms with E-state index in [1.165, 1.54) is 0 Å². The molecule has 1 unspecified atom stereocenters. The van der Waals surface area contributed by atoms with E-state index in [9.17, 15) is 26.4 Å². The Labute approximate surface area is 149 Å². The summed E-state index contributed by atoms with van der Waals surface area (Å²) in [6, 6.07) is 1.86. The molecule has 2 rings (SSSR count). The Bertz CT molecular complexity index is 790. The number of benzene rings is 1. The number of alkyl halides is 3. The third-order valence-corrected chi connectivity index (χ3v) is 5.33. The number of carboxylic acid groups (broad SMARTS) is 1. The molecule has 1 saturated heterocycles. The van der Waals surface area contributed by atoms with Crippen molar-refractivity contribution < 1.29 is 36.2 Å². The molecule has 1 aromatic carbocycles. The molecule has 1 aliphatic rings. The number of aromatic carboxylic acids is 1. The maximum atomic E-state index is 12.9. The largest absolute Gasteiger partial charge is 0.478 e. The number of carboxylic acids is 1. The first-order valence-corrected chi connectivity index (χ1v) is 9.57. The van der Waals surface area contributed by atoms with Crippen LogP contribution in [0.3, 0.4) is 0 Å². The minimum absolute atomic E-state index is 0.422. The predicted octanol–water partition coefficient (Wildman–Crippen LogP) is 3.49. The highest BCUT2D eigenvalue weighted by atomic mass is 32.2. The molecular formula is C16H20F3NO5S. The minimum atomic E-state index is -4.80. The van der Waals surface area contributed by atoms with Crippen molar-refractivity contribution in [2.24, 2.45) is 0 Å². The molecule has 0 amide bonds. The fraction of sp³-hybridized carbons (Fsp3) is 0.562. The van der Waals surface area contributed by atoms with Crippen LogP contribution >= 0.6 is 0 Å². The lowest BCUT2D eigenvalue weighted by Crippen LogP contribution is -2.39. The molecule has 0 aromatic heterocycles. The van der Waals surface area contributed by atoms with Crippen LogP contribution in [0.15, 0.2) is 18.2 Å². The molecule has 0 radical (unpaired) electrons. The normalized spacial score (nSPS) is 20.6. The molecule has 26 heavy (non-hydrogen) atoms. The van der Waals surface area contributed by atoms with Crippen molar-refractivity contribution in [2.45, 2.75) is 51.0 Å². The first kappa shape index (κ1) is 20.5. The fourth-order valence-electron chi connectivity index (χ4n) is 2.88. The zero-order valence-corrected chi connectivity index (χ0v) is 15.1. The van der Waals surface area contributed by atoms with Gasteiger partial charge in [0, 0.05) is 5.69 Å². The summed E-state index contributed by atoms with van der Waals surface area (Å²) in [6.45, 7) is 3.68. The standard InChI is InChI=1S/C16H20F3NO5S/c1-15(2)5-3-4-13(25-15)9-26(23,24)20-12-7-10(14(21)22)6-11(8-12)16(17,18)19/h6-8,13,20H,3-5,9H2,1-2H3,(H,21,22). The molecule has 6 nitrogen and oxygen atoms in total. The number of rotatable bonds is 5. The van der Waals surface area contributed by atoms with Crippen molar-refractivity contribution in [3.63, 3.8) is 0 Å². The lowest BCUT2D eigenvalue weighted by molar-refractivity contribution is -0.137. The second-order valence-corrected chi connectivity index (χ2v) is 8.64. The van der Waals surface area contributed by atoms with Crippen LogP contribution in [0.4, 0.5) is 18.9 Å². The van der Waals surface area contributed by atoms with Gasteiger partial charge in [0.25, 0.3) is 0 Å². The predicted molar refractivity (Wildman–Crippen MR) is 88.6 cm³/mol. The Balaban J connectivity index is 2.23. The summed E-state index contributed by atoms with van der Waals surface area (Å²) in [4.78, 5) is 11.0. The van der Waals surface area contributed by atoms with Gasteiger partial charge in [-0.25, -0.2) is 13.2 Å². The van der Waals surface area contributed by atoms with E-state index in [2.05, 4.69) is 0 Å². The zero-order chi connectivity index (χ0) is 19.8. The van der Waals surface area contributed by atoms with Gasteiger partial charge in [0.1, 0.15) is 0 Å². The van der Waals surface area contributed by atoms with E-state index < -0.39 is 56.4 Å². The zero-order valence-electron chi connectivity index (χ0n) is 14.3. The number of hydrogen-bond donors (Lipinski definition) is 2. The monoisotopic (exact) mass is 395 g/mol. The van der Waals surface area contributed by atoms with Crippen LogP contribution in [0.5, 0.6) is 0 Å². The van der Waals surface area contributed by atoms with Gasteiger partial charge in [-0.1, -0.05) is 0 Å². The van der Waals surface area contributed by atoms with E-state index in [0.717, 1.165) is 18.9 Å². The molecule has 0 saturated carbocycles. The smallest absolute Gasteiger partial charge is 0.416 e. The van der Waals surface area contributed by atoms with Crippen molar-refractivity contribution in [1.29, 1.82) is 0 Å². The van der Waals surface area contributed by atoms with Crippen LogP contribution in [0.1, 0.15) is 49.0 Å². The van der Waals surface area contributed by atoms with Crippen molar-refractivity contribution in [1.82, 2.24) is 0 Å². The first-order chi connectivity index (χ1) is 11.8. The molecule has 1 fully saturated rings. The Morgan fingerprint density at radius 1 is 1.35 bits per heavy atom. The van der Waals surface area contributed by atoms with Crippen molar-refractivity contribution in [2.75, 3.05) is 10.5 Å². The molecule has 0 bridgehead atoms. The van der Waals surface area contributed by atoms with Gasteiger partial charge in [0.2, 0.25) is 10.0 Å². The molecule has 2 N–H and O–H groups in total. The summed E-state index contributed by atoms with van der Waals surface area (Å²) in [5.41, 5.74) is -2.82. The second kappa shape index (κ2) is 7.07. The van der Waals surface area contributed by atoms with E-state index in [1.54, 1.807) is 0 Å². The molecule has 10 heteroatoms. The van der Waals surface area contributed by atoms with Crippen LogP contribution < -0.4 is 4.72 Å². The molecule has 0 aliphatic carbocycles. The van der Waals surface area contributed by atoms with E-state index >= 15 is 0 Å². The topological polar surface area (TPSA) is 92.7 Å². The Morgan fingerprint density at radius 2 is 2.00 bits per heavy atom. The SMILES string of the molecule is CC1(C)CCCC(CS(=O)(=O)Nc2cc(C(=O)O)cc(C(F)(F)F)c2)O1. The van der Waals surface area contributed by atoms with Crippen LogP contribution in [-0.4, -0.2) is 37.0 Å². The van der Waals surface area contributed by atoms with Gasteiger partial charge in [0.05, 0.1) is 28.6 Å². The summed E-state index contributed by atoms with van der Waals surface area (Å²) in [5.74, 6) is -2.01. The highest BCUT2D eigenvalue weighted by Crippen LogP contribution is 2.33. The maximum absolute atomic E-state index is 12.9. The fourth-order valence-corrected chi connectivity index (χ4v) is 4.17.